The summed E-state index contributed by atoms with van der Waals surface area (Å²) in [4.78, 5) is 73.1. The Balaban J connectivity index is 5.22. The van der Waals surface area contributed by atoms with Crippen molar-refractivity contribution in [2.24, 2.45) is 17.8 Å². The maximum atomic E-state index is 13.1. The molecular formula is C84H164O17P2. The SMILES string of the molecule is CCCCCCCCCCCCCCCCCCCC(=O)OC[C@H](COP(=O)(O)OC[C@@H](O)COP(=O)(O)OC[C@@H](COC(=O)CCCCCCCCCC(C)C)OC(=O)CCCCCCCCCCCCC(C)CC)OC(=O)CCCCCCCCCCCCCCCCCCCCC(C)CC. The molecule has 4 unspecified atom stereocenters. The van der Waals surface area contributed by atoms with Crippen molar-refractivity contribution in [1.29, 1.82) is 0 Å². The normalized spacial score (nSPS) is 14.4. The number of esters is 4. The molecule has 0 saturated carbocycles. The monoisotopic (exact) mass is 1510 g/mol. The average Bonchev–Trinajstić information content (AvgIpc) is 0.931. The Labute approximate surface area is 632 Å². The van der Waals surface area contributed by atoms with Crippen molar-refractivity contribution in [2.45, 2.75) is 458 Å². The molecule has 0 radical (unpaired) electrons. The summed E-state index contributed by atoms with van der Waals surface area (Å²) in [5.74, 6) is 0.270. The number of carbonyl (C=O) groups is 4. The van der Waals surface area contributed by atoms with Gasteiger partial charge in [0.05, 0.1) is 26.4 Å². The summed E-state index contributed by atoms with van der Waals surface area (Å²) in [6.45, 7) is 12.0. The molecule has 0 bridgehead atoms. The average molecular weight is 1510 g/mol. The number of hydrogen-bond donors (Lipinski definition) is 3. The Hall–Kier alpha value is -1.94. The molecule has 0 amide bonds. The number of hydrogen-bond acceptors (Lipinski definition) is 15. The van der Waals surface area contributed by atoms with Crippen LogP contribution in [0.2, 0.25) is 0 Å². The first-order chi connectivity index (χ1) is 49.8. The summed E-state index contributed by atoms with van der Waals surface area (Å²) >= 11 is 0. The zero-order valence-electron chi connectivity index (χ0n) is 67.8. The van der Waals surface area contributed by atoms with Gasteiger partial charge in [-0.05, 0) is 43.4 Å². The van der Waals surface area contributed by atoms with Crippen molar-refractivity contribution in [1.82, 2.24) is 0 Å². The zero-order chi connectivity index (χ0) is 75.8. The predicted octanol–water partition coefficient (Wildman–Crippen LogP) is 25.3. The van der Waals surface area contributed by atoms with Crippen LogP contribution in [-0.4, -0.2) is 96.7 Å². The molecule has 3 N–H and O–H groups in total. The summed E-state index contributed by atoms with van der Waals surface area (Å²) in [5.41, 5.74) is 0. The molecule has 19 heteroatoms. The fourth-order valence-electron chi connectivity index (χ4n) is 13.0. The quantitative estimate of drug-likeness (QED) is 0.0222. The van der Waals surface area contributed by atoms with Gasteiger partial charge in [-0.1, -0.05) is 389 Å². The lowest BCUT2D eigenvalue weighted by molar-refractivity contribution is -0.161. The lowest BCUT2D eigenvalue weighted by Gasteiger charge is -2.21. The van der Waals surface area contributed by atoms with Crippen LogP contribution in [0.5, 0.6) is 0 Å². The first kappa shape index (κ1) is 101. The van der Waals surface area contributed by atoms with Gasteiger partial charge in [-0.25, -0.2) is 9.13 Å². The van der Waals surface area contributed by atoms with Crippen LogP contribution >= 0.6 is 15.6 Å². The molecule has 0 heterocycles. The molecule has 103 heavy (non-hydrogen) atoms. The van der Waals surface area contributed by atoms with E-state index in [9.17, 15) is 43.2 Å². The molecule has 0 aromatic carbocycles. The molecule has 0 aromatic rings. The van der Waals surface area contributed by atoms with Gasteiger partial charge in [0, 0.05) is 25.7 Å². The third-order valence-electron chi connectivity index (χ3n) is 20.4. The smallest absolute Gasteiger partial charge is 0.462 e. The van der Waals surface area contributed by atoms with E-state index >= 15 is 0 Å². The summed E-state index contributed by atoms with van der Waals surface area (Å²) in [6.07, 6.45) is 63.9. The molecule has 0 aliphatic rings. The Morgan fingerprint density at radius 1 is 0.282 bits per heavy atom. The molecule has 17 nitrogen and oxygen atoms in total. The summed E-state index contributed by atoms with van der Waals surface area (Å²) in [7, 11) is -9.92. The second-order valence-electron chi connectivity index (χ2n) is 31.2. The molecule has 0 aliphatic carbocycles. The number of phosphoric acid groups is 2. The number of rotatable bonds is 82. The van der Waals surface area contributed by atoms with Gasteiger partial charge < -0.3 is 33.8 Å². The van der Waals surface area contributed by atoms with Crippen LogP contribution in [0.3, 0.4) is 0 Å². The molecule has 0 spiro atoms. The Kier molecular flexibility index (Phi) is 72.8. The van der Waals surface area contributed by atoms with Crippen LogP contribution in [0.15, 0.2) is 0 Å². The molecular weight excluding hydrogens is 1340 g/mol. The minimum absolute atomic E-state index is 0.106. The standard InChI is InChI=1S/C84H164O17P2/c1-8-11-12-13-14-15-16-17-18-21-25-28-31-37-44-51-58-65-81(86)94-71-79(100-83(88)67-60-53-45-38-32-29-26-23-20-19-22-24-27-30-35-42-49-56-63-76(6)9-2)73-98-102(90,91)96-69-78(85)70-97-103(92,93)99-74-80(72-95-82(87)66-59-52-47-40-41-48-55-62-75(4)5)101-84(89)68-61-54-46-39-34-33-36-43-50-57-64-77(7)10-3/h75-80,85H,8-74H2,1-7H3,(H,90,91)(H,92,93)/t76?,77?,78-,79-,80-/m1/s1. The lowest BCUT2D eigenvalue weighted by Crippen LogP contribution is -2.30. The zero-order valence-corrected chi connectivity index (χ0v) is 69.6. The second kappa shape index (κ2) is 74.2. The molecule has 7 atom stereocenters. The minimum atomic E-state index is -4.96. The van der Waals surface area contributed by atoms with E-state index in [1.165, 1.54) is 244 Å². The molecule has 612 valence electrons. The van der Waals surface area contributed by atoms with Crippen molar-refractivity contribution in [3.05, 3.63) is 0 Å². The fraction of sp³-hybridized carbons (Fsp3) is 0.952. The second-order valence-corrected chi connectivity index (χ2v) is 34.1. The van der Waals surface area contributed by atoms with Crippen LogP contribution in [0.25, 0.3) is 0 Å². The molecule has 0 rings (SSSR count). The number of carbonyl (C=O) groups excluding carboxylic acids is 4. The third-order valence-corrected chi connectivity index (χ3v) is 22.3. The topological polar surface area (TPSA) is 237 Å². The van der Waals surface area contributed by atoms with Crippen LogP contribution in [-0.2, 0) is 65.4 Å². The van der Waals surface area contributed by atoms with Crippen molar-refractivity contribution in [3.63, 3.8) is 0 Å². The van der Waals surface area contributed by atoms with Gasteiger partial charge in [-0.15, -0.1) is 0 Å². The van der Waals surface area contributed by atoms with Gasteiger partial charge in [-0.2, -0.15) is 0 Å². The molecule has 0 saturated heterocycles. The van der Waals surface area contributed by atoms with E-state index in [4.69, 9.17) is 37.0 Å². The highest BCUT2D eigenvalue weighted by molar-refractivity contribution is 7.47. The third kappa shape index (κ3) is 75.3. The Morgan fingerprint density at radius 3 is 0.738 bits per heavy atom. The minimum Gasteiger partial charge on any atom is -0.462 e. The van der Waals surface area contributed by atoms with E-state index in [1.54, 1.807) is 0 Å². The van der Waals surface area contributed by atoms with E-state index in [0.29, 0.717) is 31.6 Å². The van der Waals surface area contributed by atoms with Crippen LogP contribution in [0.1, 0.15) is 440 Å². The van der Waals surface area contributed by atoms with Crippen LogP contribution in [0.4, 0.5) is 0 Å². The highest BCUT2D eigenvalue weighted by atomic mass is 31.2. The van der Waals surface area contributed by atoms with E-state index in [2.05, 4.69) is 48.5 Å². The van der Waals surface area contributed by atoms with E-state index in [0.717, 1.165) is 108 Å². The maximum absolute atomic E-state index is 13.1. The van der Waals surface area contributed by atoms with Gasteiger partial charge >= 0.3 is 39.5 Å². The number of aliphatic hydroxyl groups is 1. The maximum Gasteiger partial charge on any atom is 0.472 e. The van der Waals surface area contributed by atoms with Crippen molar-refractivity contribution >= 4 is 39.5 Å². The van der Waals surface area contributed by atoms with Gasteiger partial charge in [-0.3, -0.25) is 37.3 Å². The highest BCUT2D eigenvalue weighted by Crippen LogP contribution is 2.45. The van der Waals surface area contributed by atoms with E-state index in [1.807, 2.05) is 0 Å². The van der Waals surface area contributed by atoms with Crippen molar-refractivity contribution < 1.29 is 80.2 Å². The van der Waals surface area contributed by atoms with Crippen LogP contribution < -0.4 is 0 Å². The highest BCUT2D eigenvalue weighted by Gasteiger charge is 2.30. The Bertz CT molecular complexity index is 2000. The predicted molar refractivity (Wildman–Crippen MR) is 423 cm³/mol. The van der Waals surface area contributed by atoms with Gasteiger partial charge in [0.25, 0.3) is 0 Å². The number of aliphatic hydroxyl groups excluding tert-OH is 1. The number of phosphoric ester groups is 2. The van der Waals surface area contributed by atoms with E-state index in [-0.39, 0.29) is 25.7 Å². The first-order valence-electron chi connectivity index (χ1n) is 43.4. The molecule has 0 aromatic heterocycles. The summed E-state index contributed by atoms with van der Waals surface area (Å²) in [6, 6.07) is 0. The lowest BCUT2D eigenvalue weighted by atomic mass is 9.99. The van der Waals surface area contributed by atoms with Crippen molar-refractivity contribution in [2.75, 3.05) is 39.6 Å². The molecule has 0 aliphatic heterocycles. The number of unbranched alkanes of at least 4 members (excludes halogenated alkanes) is 48. The van der Waals surface area contributed by atoms with Gasteiger partial charge in [0.15, 0.2) is 12.2 Å². The largest absolute Gasteiger partial charge is 0.472 e. The number of ether oxygens (including phenoxy) is 4. The van der Waals surface area contributed by atoms with Crippen LogP contribution in [0, 0.1) is 17.8 Å². The van der Waals surface area contributed by atoms with Gasteiger partial charge in [0.1, 0.15) is 19.3 Å². The fourth-order valence-corrected chi connectivity index (χ4v) is 14.5. The first-order valence-corrected chi connectivity index (χ1v) is 46.4. The Morgan fingerprint density at radius 2 is 0.495 bits per heavy atom. The summed E-state index contributed by atoms with van der Waals surface area (Å²) in [5, 5.41) is 10.7. The molecule has 0 fully saturated rings. The van der Waals surface area contributed by atoms with E-state index < -0.39 is 97.5 Å². The van der Waals surface area contributed by atoms with Gasteiger partial charge in [0.2, 0.25) is 0 Å². The summed E-state index contributed by atoms with van der Waals surface area (Å²) < 4.78 is 68.8. The van der Waals surface area contributed by atoms with Crippen molar-refractivity contribution in [3.8, 4) is 0 Å².